The summed E-state index contributed by atoms with van der Waals surface area (Å²) in [5.41, 5.74) is 6.11. The molecule has 0 saturated heterocycles. The van der Waals surface area contributed by atoms with E-state index in [9.17, 15) is 53.7 Å². The average molecular weight is 1620 g/mol. The Morgan fingerprint density at radius 1 is 0.713 bits per heavy atom. The third-order valence-corrected chi connectivity index (χ3v) is 8.48. The van der Waals surface area contributed by atoms with E-state index in [-0.39, 0.29) is 233 Å². The number of ether oxygens (including phenoxy) is 4. The molecular weight excluding hydrogens is 1540 g/mol. The van der Waals surface area contributed by atoms with Crippen LogP contribution >= 0.6 is 0 Å². The summed E-state index contributed by atoms with van der Waals surface area (Å²) in [5.74, 6) is -5.30. The predicted octanol–water partition coefficient (Wildman–Crippen LogP) is 7.11. The third kappa shape index (κ3) is 50.7. The van der Waals surface area contributed by atoms with E-state index in [1.54, 1.807) is 19.0 Å². The molecule has 80 heavy (non-hydrogen) atoms. The number of carboxylic acids is 2. The predicted molar refractivity (Wildman–Crippen MR) is 289 cm³/mol. The number of aliphatic hydroxyl groups is 1. The van der Waals surface area contributed by atoms with Gasteiger partial charge < -0.3 is 65.7 Å². The fraction of sp³-hybridized carbons (Fsp3) is 0.434. The molecule has 0 aliphatic rings. The molecule has 0 spiro atoms. The number of aliphatic carboxylic acids is 1. The Hall–Kier alpha value is -4.26. The number of amides is 1. The van der Waals surface area contributed by atoms with Crippen LogP contribution in [0.3, 0.4) is 0 Å². The molecule has 3 aromatic rings. The van der Waals surface area contributed by atoms with Gasteiger partial charge in [0.1, 0.15) is 47.2 Å². The number of unbranched alkanes of at least 4 members (excludes halogenated alkanes) is 1. The number of benzene rings is 3. The van der Waals surface area contributed by atoms with Crippen LogP contribution in [0, 0.1) is 0 Å². The summed E-state index contributed by atoms with van der Waals surface area (Å²) in [5, 5.41) is 64.6. The SMILES string of the molecule is C.C.CB(O)CCCO.CC.CC/C=C\CC(=O)NCCOC(=O)Cc1ccc(O)c(C(=O)O)c1.CCC/C=C\CC(=O)O.COC(=O)c1cc(CC(=O)OCCN)ccc1O.COC(=O)c1cc(N=C=O)ccc1O.[W].[W].[Y].[Y]. The van der Waals surface area contributed by atoms with E-state index >= 15 is 0 Å². The van der Waals surface area contributed by atoms with Crippen molar-refractivity contribution in [3.8, 4) is 17.2 Å². The number of hydrogen-bond acceptors (Lipinski definition) is 19. The van der Waals surface area contributed by atoms with Crippen molar-refractivity contribution in [2.75, 3.05) is 47.1 Å². The van der Waals surface area contributed by atoms with Crippen LogP contribution in [0.25, 0.3) is 0 Å². The number of nitrogens with zero attached hydrogens (tertiary/aromatic N) is 1. The summed E-state index contributed by atoms with van der Waals surface area (Å²) in [6.45, 7) is 10.3. The van der Waals surface area contributed by atoms with Gasteiger partial charge >= 0.3 is 35.8 Å². The van der Waals surface area contributed by atoms with Gasteiger partial charge in [-0.3, -0.25) is 19.2 Å². The summed E-state index contributed by atoms with van der Waals surface area (Å²) in [7, 11) is 2.40. The minimum atomic E-state index is -1.28. The zero-order valence-corrected chi connectivity index (χ0v) is 56.6. The molecule has 0 bridgehead atoms. The Balaban J connectivity index is -0.000000115. The molecule has 1 amide bonds. The number of methoxy groups -OCH3 is 2. The van der Waals surface area contributed by atoms with Gasteiger partial charge in [-0.1, -0.05) is 92.2 Å². The molecule has 442 valence electrons. The number of carbonyl (C=O) groups is 7. The Morgan fingerprint density at radius 2 is 1.18 bits per heavy atom. The first-order valence-electron chi connectivity index (χ1n) is 23.3. The topological polar surface area (TPSA) is 366 Å². The van der Waals surface area contributed by atoms with E-state index in [4.69, 9.17) is 35.6 Å². The van der Waals surface area contributed by atoms with Crippen LogP contribution in [0.1, 0.15) is 123 Å². The minimum absolute atomic E-state index is 0. The minimum Gasteiger partial charge on any atom is -0.507 e. The molecule has 0 fully saturated rings. The summed E-state index contributed by atoms with van der Waals surface area (Å²) in [4.78, 5) is 90.9. The maximum Gasteiger partial charge on any atom is 0.341 e. The number of carbonyl (C=O) groups excluding carboxylic acids is 6. The zero-order chi connectivity index (χ0) is 56.9. The second-order valence-electron chi connectivity index (χ2n) is 14.5. The molecule has 0 atom stereocenters. The number of phenols is 3. The molecular formula is C53H80BN3O19W2Y2. The second-order valence-corrected chi connectivity index (χ2v) is 14.5. The fourth-order valence-corrected chi connectivity index (χ4v) is 5.00. The summed E-state index contributed by atoms with van der Waals surface area (Å²) >= 11 is 0. The Labute approximate surface area is 549 Å². The summed E-state index contributed by atoms with van der Waals surface area (Å²) < 4.78 is 18.7. The van der Waals surface area contributed by atoms with Gasteiger partial charge in [0, 0.05) is 127 Å². The number of carboxylic acid groups (broad SMARTS) is 2. The molecule has 10 N–H and O–H groups in total. The fourth-order valence-electron chi connectivity index (χ4n) is 5.00. The number of aliphatic hydroxyl groups excluding tert-OH is 1. The summed E-state index contributed by atoms with van der Waals surface area (Å²) in [6.07, 6.45) is 13.2. The number of rotatable bonds is 23. The van der Waals surface area contributed by atoms with Crippen molar-refractivity contribution in [1.82, 2.24) is 5.32 Å². The van der Waals surface area contributed by atoms with Crippen molar-refractivity contribution in [1.29, 1.82) is 0 Å². The van der Waals surface area contributed by atoms with Crippen LogP contribution in [0.5, 0.6) is 17.2 Å². The quantitative estimate of drug-likeness (QED) is 0.00868. The Bertz CT molecular complexity index is 2290. The van der Waals surface area contributed by atoms with Crippen LogP contribution in [-0.2, 0) is 163 Å². The summed E-state index contributed by atoms with van der Waals surface area (Å²) in [6, 6.07) is 12.0. The van der Waals surface area contributed by atoms with Gasteiger partial charge in [0.05, 0.1) is 45.7 Å². The largest absolute Gasteiger partial charge is 0.507 e. The van der Waals surface area contributed by atoms with Gasteiger partial charge in [-0.05, 0) is 79.2 Å². The molecule has 0 unspecified atom stereocenters. The Morgan fingerprint density at radius 3 is 1.59 bits per heavy atom. The number of isocyanates is 1. The molecule has 3 aromatic carbocycles. The van der Waals surface area contributed by atoms with Crippen LogP contribution in [0.4, 0.5) is 5.69 Å². The number of hydrogen-bond donors (Lipinski definition) is 9. The van der Waals surface area contributed by atoms with Gasteiger partial charge in [0.15, 0.2) is 0 Å². The first-order valence-corrected chi connectivity index (χ1v) is 23.3. The number of aromatic carboxylic acids is 1. The van der Waals surface area contributed by atoms with Crippen molar-refractivity contribution in [2.45, 2.75) is 107 Å². The van der Waals surface area contributed by atoms with Crippen molar-refractivity contribution >= 4 is 60.4 Å². The molecule has 22 nitrogen and oxygen atoms in total. The number of nitrogens with one attached hydrogen (secondary N) is 1. The van der Waals surface area contributed by atoms with Crippen molar-refractivity contribution in [3.05, 3.63) is 107 Å². The maximum absolute atomic E-state index is 11.7. The number of allylic oxidation sites excluding steroid dienone is 2. The van der Waals surface area contributed by atoms with Crippen LogP contribution in [0.15, 0.2) is 83.9 Å². The molecule has 0 saturated carbocycles. The van der Waals surface area contributed by atoms with Gasteiger partial charge in [0.25, 0.3) is 6.92 Å². The number of nitrogens with two attached hydrogens (primary N) is 1. The second kappa shape index (κ2) is 62.3. The van der Waals surface area contributed by atoms with Crippen molar-refractivity contribution < 1.29 is 201 Å². The molecule has 0 aliphatic heterocycles. The first kappa shape index (κ1) is 95.0. The van der Waals surface area contributed by atoms with Crippen molar-refractivity contribution in [3.63, 3.8) is 0 Å². The van der Waals surface area contributed by atoms with E-state index in [1.165, 1.54) is 74.9 Å². The average Bonchev–Trinajstić information content (AvgIpc) is 3.38. The van der Waals surface area contributed by atoms with Gasteiger partial charge in [-0.2, -0.15) is 4.99 Å². The van der Waals surface area contributed by atoms with E-state index in [2.05, 4.69) is 26.7 Å². The van der Waals surface area contributed by atoms with Crippen LogP contribution in [0.2, 0.25) is 13.1 Å². The molecule has 0 aliphatic carbocycles. The van der Waals surface area contributed by atoms with Crippen molar-refractivity contribution in [2.24, 2.45) is 10.7 Å². The van der Waals surface area contributed by atoms with Crippen LogP contribution in [-0.4, -0.2) is 138 Å². The third-order valence-electron chi connectivity index (χ3n) is 8.48. The first-order chi connectivity index (χ1) is 35.2. The smallest absolute Gasteiger partial charge is 0.341 e. The van der Waals surface area contributed by atoms with Gasteiger partial charge in [-0.15, -0.1) is 0 Å². The number of aromatic hydroxyl groups is 3. The van der Waals surface area contributed by atoms with E-state index in [0.29, 0.717) is 23.9 Å². The van der Waals surface area contributed by atoms with E-state index < -0.39 is 35.8 Å². The molecule has 0 heterocycles. The van der Waals surface area contributed by atoms with E-state index in [0.717, 1.165) is 19.3 Å². The number of aliphatic imine (C=N–C) groups is 1. The number of phenolic OH excluding ortho intramolecular Hbond substituents is 2. The maximum atomic E-state index is 11.7. The molecule has 3 rings (SSSR count). The molecule has 2 radical (unpaired) electrons. The van der Waals surface area contributed by atoms with Gasteiger partial charge in [-0.25, -0.2) is 19.2 Å². The molecule has 0 aromatic heterocycles. The van der Waals surface area contributed by atoms with Gasteiger partial charge in [0.2, 0.25) is 12.0 Å². The standard InChI is InChI=1S/C17H21NO6.C12H15NO5.C9H7NO4.C7H12O2.C4H11BO2.C2H6.2CH4.2W.2Y/c1-2-3-4-5-15(20)18-8-9-24-16(21)11-12-6-7-14(19)13(10-12)17(22)23;1-17-12(16)9-6-8(2-3-10(9)14)7-11(15)18-5-4-13;1-14-9(13)7-4-6(10-5-11)2-3-8(7)12;1-2-3-4-5-6-7(8)9;1-5(7)3-2-4-6;1-2;;;;;;/h3-4,6-7,10,19H,2,5,8-9,11H2,1H3,(H,18,20)(H,22,23);2-3,6,14H,4-5,7,13H2,1H3;2-4,12H,1H3;4-5H,2-3,6H2,1H3,(H,8,9);6-7H,2-4H2,1H3;1-2H3;2*1H4;;;;/b4-3-;;;5-4-;;;;;;;;. The number of esters is 4. The normalized spacial score (nSPS) is 8.97. The van der Waals surface area contributed by atoms with E-state index in [1.807, 2.05) is 32.9 Å². The Kier molecular flexibility index (Phi) is 74.0. The molecule has 27 heteroatoms. The monoisotopic (exact) mass is 1620 g/mol. The van der Waals surface area contributed by atoms with Crippen LogP contribution < -0.4 is 11.1 Å². The zero-order valence-electron chi connectivity index (χ0n) is 45.0.